The van der Waals surface area contributed by atoms with E-state index in [1.165, 1.54) is 35.2 Å². The number of carbonyl (C=O) groups excluding carboxylic acids is 2. The summed E-state index contributed by atoms with van der Waals surface area (Å²) in [6.07, 6.45) is 0. The Balaban J connectivity index is 1.52. The minimum Gasteiger partial charge on any atom is -0.336 e. The molecular formula is C19H18F3N3O2. The van der Waals surface area contributed by atoms with Crippen LogP contribution in [0.15, 0.2) is 42.5 Å². The summed E-state index contributed by atoms with van der Waals surface area (Å²) >= 11 is 0. The van der Waals surface area contributed by atoms with E-state index in [0.29, 0.717) is 18.8 Å². The quantitative estimate of drug-likeness (QED) is 0.891. The summed E-state index contributed by atoms with van der Waals surface area (Å²) in [7, 11) is 0. The molecule has 0 aliphatic carbocycles. The molecule has 0 saturated carbocycles. The van der Waals surface area contributed by atoms with E-state index in [1.807, 2.05) is 4.90 Å². The normalized spacial score (nSPS) is 14.9. The van der Waals surface area contributed by atoms with E-state index in [9.17, 15) is 22.8 Å². The van der Waals surface area contributed by atoms with Crippen LogP contribution in [0.1, 0.15) is 10.4 Å². The predicted molar refractivity (Wildman–Crippen MR) is 93.7 cm³/mol. The van der Waals surface area contributed by atoms with Crippen molar-refractivity contribution >= 4 is 17.5 Å². The van der Waals surface area contributed by atoms with Crippen LogP contribution >= 0.6 is 0 Å². The second-order valence-electron chi connectivity index (χ2n) is 6.22. The largest absolute Gasteiger partial charge is 0.336 e. The molecule has 2 amide bonds. The Morgan fingerprint density at radius 1 is 0.889 bits per heavy atom. The fourth-order valence-corrected chi connectivity index (χ4v) is 2.91. The van der Waals surface area contributed by atoms with Crippen LogP contribution < -0.4 is 5.32 Å². The van der Waals surface area contributed by atoms with E-state index < -0.39 is 23.1 Å². The lowest BCUT2D eigenvalue weighted by molar-refractivity contribution is -0.117. The van der Waals surface area contributed by atoms with Crippen molar-refractivity contribution in [1.82, 2.24) is 9.80 Å². The highest BCUT2D eigenvalue weighted by molar-refractivity contribution is 5.95. The SMILES string of the molecule is O=C(CN1CCN(C(=O)c2c(F)cccc2F)CC1)Nc1ccc(F)cc1. The first-order valence-electron chi connectivity index (χ1n) is 8.45. The minimum atomic E-state index is -0.888. The van der Waals surface area contributed by atoms with Gasteiger partial charge in [-0.1, -0.05) is 6.07 Å². The third-order valence-corrected chi connectivity index (χ3v) is 4.33. The molecule has 5 nitrogen and oxygen atoms in total. The Labute approximate surface area is 154 Å². The molecule has 27 heavy (non-hydrogen) atoms. The first kappa shape index (κ1) is 18.9. The standard InChI is InChI=1S/C19H18F3N3O2/c20-13-4-6-14(7-5-13)23-17(26)12-24-8-10-25(11-9-24)19(27)18-15(21)2-1-3-16(18)22/h1-7H,8-12H2,(H,23,26). The van der Waals surface area contributed by atoms with E-state index in [0.717, 1.165) is 12.1 Å². The van der Waals surface area contributed by atoms with Crippen molar-refractivity contribution < 1.29 is 22.8 Å². The number of piperazine rings is 1. The summed E-state index contributed by atoms with van der Waals surface area (Å²) in [5.74, 6) is -3.12. The van der Waals surface area contributed by atoms with Crippen LogP contribution in [0, 0.1) is 17.5 Å². The van der Waals surface area contributed by atoms with Crippen molar-refractivity contribution in [2.75, 3.05) is 38.0 Å². The summed E-state index contributed by atoms with van der Waals surface area (Å²) in [5.41, 5.74) is -0.0646. The molecule has 1 saturated heterocycles. The van der Waals surface area contributed by atoms with Crippen LogP contribution in [0.3, 0.4) is 0 Å². The van der Waals surface area contributed by atoms with Crippen molar-refractivity contribution in [2.24, 2.45) is 0 Å². The highest BCUT2D eigenvalue weighted by atomic mass is 19.1. The monoisotopic (exact) mass is 377 g/mol. The van der Waals surface area contributed by atoms with Gasteiger partial charge in [-0.25, -0.2) is 13.2 Å². The second-order valence-corrected chi connectivity index (χ2v) is 6.22. The van der Waals surface area contributed by atoms with E-state index in [1.54, 1.807) is 0 Å². The average molecular weight is 377 g/mol. The van der Waals surface area contributed by atoms with Gasteiger partial charge in [0.25, 0.3) is 5.91 Å². The first-order chi connectivity index (χ1) is 12.9. The Morgan fingerprint density at radius 3 is 2.07 bits per heavy atom. The Morgan fingerprint density at radius 2 is 1.48 bits per heavy atom. The fraction of sp³-hybridized carbons (Fsp3) is 0.263. The molecule has 0 bridgehead atoms. The van der Waals surface area contributed by atoms with Crippen molar-refractivity contribution in [3.8, 4) is 0 Å². The second kappa shape index (κ2) is 8.22. The van der Waals surface area contributed by atoms with Crippen LogP contribution in [0.25, 0.3) is 0 Å². The Bertz CT molecular complexity index is 814. The molecule has 1 aliphatic rings. The number of carbonyl (C=O) groups is 2. The van der Waals surface area contributed by atoms with Gasteiger partial charge in [-0.3, -0.25) is 14.5 Å². The van der Waals surface area contributed by atoms with E-state index in [2.05, 4.69) is 5.32 Å². The molecule has 1 N–H and O–H groups in total. The average Bonchev–Trinajstić information content (AvgIpc) is 2.64. The van der Waals surface area contributed by atoms with Crippen LogP contribution in [-0.2, 0) is 4.79 Å². The summed E-state index contributed by atoms with van der Waals surface area (Å²) in [6.45, 7) is 1.43. The molecular weight excluding hydrogens is 359 g/mol. The highest BCUT2D eigenvalue weighted by Crippen LogP contribution is 2.16. The van der Waals surface area contributed by atoms with Gasteiger partial charge >= 0.3 is 0 Å². The third-order valence-electron chi connectivity index (χ3n) is 4.33. The number of benzene rings is 2. The van der Waals surface area contributed by atoms with E-state index in [4.69, 9.17) is 0 Å². The minimum absolute atomic E-state index is 0.105. The summed E-state index contributed by atoms with van der Waals surface area (Å²) in [5, 5.41) is 2.66. The molecule has 0 radical (unpaired) electrons. The van der Waals surface area contributed by atoms with Crippen molar-refractivity contribution in [1.29, 1.82) is 0 Å². The Kier molecular flexibility index (Phi) is 5.75. The number of amides is 2. The van der Waals surface area contributed by atoms with Gasteiger partial charge in [-0.2, -0.15) is 0 Å². The summed E-state index contributed by atoms with van der Waals surface area (Å²) in [4.78, 5) is 27.6. The molecule has 2 aromatic rings. The molecule has 1 aliphatic heterocycles. The van der Waals surface area contributed by atoms with Gasteiger partial charge in [-0.05, 0) is 36.4 Å². The molecule has 0 aromatic heterocycles. The lowest BCUT2D eigenvalue weighted by atomic mass is 10.1. The van der Waals surface area contributed by atoms with Gasteiger partial charge in [0.1, 0.15) is 23.0 Å². The lowest BCUT2D eigenvalue weighted by Crippen LogP contribution is -2.50. The molecule has 0 spiro atoms. The molecule has 3 rings (SSSR count). The van der Waals surface area contributed by atoms with Crippen LogP contribution in [0.5, 0.6) is 0 Å². The van der Waals surface area contributed by atoms with Gasteiger partial charge in [0.05, 0.1) is 6.54 Å². The zero-order valence-corrected chi connectivity index (χ0v) is 14.4. The van der Waals surface area contributed by atoms with Crippen molar-refractivity contribution in [3.05, 3.63) is 65.5 Å². The van der Waals surface area contributed by atoms with E-state index in [-0.39, 0.29) is 31.4 Å². The van der Waals surface area contributed by atoms with Crippen molar-refractivity contribution in [2.45, 2.75) is 0 Å². The summed E-state index contributed by atoms with van der Waals surface area (Å²) < 4.78 is 40.4. The van der Waals surface area contributed by atoms with Crippen LogP contribution in [0.4, 0.5) is 18.9 Å². The zero-order chi connectivity index (χ0) is 19.4. The number of anilines is 1. The predicted octanol–water partition coefficient (Wildman–Crippen LogP) is 2.50. The number of hydrogen-bond acceptors (Lipinski definition) is 3. The summed E-state index contributed by atoms with van der Waals surface area (Å²) in [6, 6.07) is 8.74. The maximum Gasteiger partial charge on any atom is 0.259 e. The van der Waals surface area contributed by atoms with E-state index >= 15 is 0 Å². The maximum atomic E-state index is 13.8. The van der Waals surface area contributed by atoms with Gasteiger partial charge < -0.3 is 10.2 Å². The molecule has 1 fully saturated rings. The van der Waals surface area contributed by atoms with Crippen LogP contribution in [-0.4, -0.2) is 54.3 Å². The zero-order valence-electron chi connectivity index (χ0n) is 14.4. The number of nitrogens with one attached hydrogen (secondary N) is 1. The molecule has 142 valence electrons. The molecule has 8 heteroatoms. The molecule has 1 heterocycles. The number of halogens is 3. The first-order valence-corrected chi connectivity index (χ1v) is 8.45. The number of hydrogen-bond donors (Lipinski definition) is 1. The molecule has 0 atom stereocenters. The lowest BCUT2D eigenvalue weighted by Gasteiger charge is -2.34. The highest BCUT2D eigenvalue weighted by Gasteiger charge is 2.27. The number of rotatable bonds is 4. The number of nitrogens with zero attached hydrogens (tertiary/aromatic N) is 2. The smallest absolute Gasteiger partial charge is 0.259 e. The van der Waals surface area contributed by atoms with Crippen LogP contribution in [0.2, 0.25) is 0 Å². The maximum absolute atomic E-state index is 13.8. The van der Waals surface area contributed by atoms with Gasteiger partial charge in [0.15, 0.2) is 0 Å². The molecule has 2 aromatic carbocycles. The van der Waals surface area contributed by atoms with Gasteiger partial charge in [-0.15, -0.1) is 0 Å². The Hall–Kier alpha value is -2.87. The third kappa shape index (κ3) is 4.65. The fourth-order valence-electron chi connectivity index (χ4n) is 2.91. The van der Waals surface area contributed by atoms with Gasteiger partial charge in [0, 0.05) is 31.9 Å². The van der Waals surface area contributed by atoms with Gasteiger partial charge in [0.2, 0.25) is 5.91 Å². The molecule has 0 unspecified atom stereocenters. The topological polar surface area (TPSA) is 52.7 Å². The van der Waals surface area contributed by atoms with Crippen molar-refractivity contribution in [3.63, 3.8) is 0 Å².